The van der Waals surface area contributed by atoms with E-state index < -0.39 is 12.3 Å². The molecule has 2 aromatic carbocycles. The molecule has 0 bridgehead atoms. The summed E-state index contributed by atoms with van der Waals surface area (Å²) in [6.07, 6.45) is 2.53. The van der Waals surface area contributed by atoms with Gasteiger partial charge in [-0.05, 0) is 55.3 Å². The van der Waals surface area contributed by atoms with Gasteiger partial charge in [0.2, 0.25) is 6.35 Å². The van der Waals surface area contributed by atoms with Crippen molar-refractivity contribution in [3.05, 3.63) is 88.1 Å². The molecule has 1 aliphatic heterocycles. The maximum Gasteiger partial charge on any atom is 0.274 e. The molecule has 2 amide bonds. The first-order valence-electron chi connectivity index (χ1n) is 11.5. The van der Waals surface area contributed by atoms with E-state index in [0.717, 1.165) is 17.5 Å². The second-order valence-corrected chi connectivity index (χ2v) is 8.57. The molecule has 0 saturated carbocycles. The third-order valence-corrected chi connectivity index (χ3v) is 6.00. The Morgan fingerprint density at radius 3 is 2.69 bits per heavy atom. The highest BCUT2D eigenvalue weighted by atomic mass is 35.5. The number of rotatable bonds is 9. The van der Waals surface area contributed by atoms with Gasteiger partial charge in [0, 0.05) is 24.5 Å². The van der Waals surface area contributed by atoms with Gasteiger partial charge in [0.15, 0.2) is 0 Å². The first kappa shape index (κ1) is 25.3. The van der Waals surface area contributed by atoms with E-state index in [0.29, 0.717) is 35.1 Å². The Morgan fingerprint density at radius 1 is 1.14 bits per heavy atom. The second-order valence-electron chi connectivity index (χ2n) is 8.16. The summed E-state index contributed by atoms with van der Waals surface area (Å²) in [5, 5.41) is 9.10. The van der Waals surface area contributed by atoms with E-state index in [9.17, 15) is 9.59 Å². The van der Waals surface area contributed by atoms with Crippen molar-refractivity contribution in [2.24, 2.45) is 10.7 Å². The second kappa shape index (κ2) is 11.8. The lowest BCUT2D eigenvalue weighted by Crippen LogP contribution is -2.29. The largest absolute Gasteiger partial charge is 0.345 e. The molecule has 0 fully saturated rings. The number of aromatic nitrogens is 1. The molecule has 0 aliphatic carbocycles. The molecule has 10 heteroatoms. The number of carbonyl (C=O) groups is 2. The maximum atomic E-state index is 13.1. The first-order chi connectivity index (χ1) is 17.5. The van der Waals surface area contributed by atoms with Crippen molar-refractivity contribution >= 4 is 41.1 Å². The summed E-state index contributed by atoms with van der Waals surface area (Å²) < 4.78 is 5.16. The fourth-order valence-corrected chi connectivity index (χ4v) is 3.92. The maximum absolute atomic E-state index is 13.1. The highest BCUT2D eigenvalue weighted by Gasteiger charge is 2.19. The van der Waals surface area contributed by atoms with Gasteiger partial charge in [0.05, 0.1) is 16.8 Å². The predicted octanol–water partition coefficient (Wildman–Crippen LogP) is 3.97. The fraction of sp³-hybridized carbons (Fsp3) is 0.231. The molecule has 5 N–H and O–H groups in total. The Hall–Kier alpha value is -3.79. The number of amides is 2. The first-order valence-corrected chi connectivity index (χ1v) is 11.9. The minimum Gasteiger partial charge on any atom is -0.345 e. The molecule has 4 rings (SSSR count). The summed E-state index contributed by atoms with van der Waals surface area (Å²) in [6.45, 7) is 0.529. The quantitative estimate of drug-likeness (QED) is 0.347. The number of hydrogen-bond acceptors (Lipinski definition) is 7. The van der Waals surface area contributed by atoms with Gasteiger partial charge in [-0.3, -0.25) is 9.59 Å². The van der Waals surface area contributed by atoms with Gasteiger partial charge < -0.3 is 26.4 Å². The summed E-state index contributed by atoms with van der Waals surface area (Å²) >= 11 is 6.33. The van der Waals surface area contributed by atoms with Crippen molar-refractivity contribution in [2.75, 3.05) is 24.3 Å². The van der Waals surface area contributed by atoms with Crippen LogP contribution in [0.25, 0.3) is 0 Å². The number of pyridine rings is 1. The number of aliphatic imine (C=N–C) groups is 1. The Labute approximate surface area is 214 Å². The van der Waals surface area contributed by atoms with Crippen LogP contribution in [0.3, 0.4) is 0 Å². The average Bonchev–Trinajstić information content (AvgIpc) is 2.91. The van der Waals surface area contributed by atoms with Gasteiger partial charge in [-0.1, -0.05) is 41.9 Å². The zero-order valence-electron chi connectivity index (χ0n) is 19.7. The van der Waals surface area contributed by atoms with Crippen LogP contribution >= 0.6 is 11.6 Å². The zero-order valence-corrected chi connectivity index (χ0v) is 20.5. The van der Waals surface area contributed by atoms with Crippen molar-refractivity contribution in [3.8, 4) is 0 Å². The van der Waals surface area contributed by atoms with Crippen LogP contribution in [0.15, 0.2) is 65.7 Å². The number of carbonyl (C=O) groups excluding carboxylic acids is 2. The molecular weight excluding hydrogens is 480 g/mol. The minimum atomic E-state index is -0.572. The van der Waals surface area contributed by atoms with E-state index >= 15 is 0 Å². The normalized spacial score (nSPS) is 14.9. The summed E-state index contributed by atoms with van der Waals surface area (Å²) in [4.78, 5) is 34.5. The van der Waals surface area contributed by atoms with Gasteiger partial charge in [-0.25, -0.2) is 9.98 Å². The average molecular weight is 507 g/mol. The van der Waals surface area contributed by atoms with E-state index in [-0.39, 0.29) is 17.6 Å². The fourth-order valence-electron chi connectivity index (χ4n) is 3.76. The molecule has 2 heterocycles. The zero-order chi connectivity index (χ0) is 25.5. The summed E-state index contributed by atoms with van der Waals surface area (Å²) in [5.74, 6) is -0.275. The molecule has 186 valence electrons. The molecule has 0 spiro atoms. The summed E-state index contributed by atoms with van der Waals surface area (Å²) in [5.41, 5.74) is 8.26. The van der Waals surface area contributed by atoms with Crippen molar-refractivity contribution < 1.29 is 14.3 Å². The molecule has 0 saturated heterocycles. The van der Waals surface area contributed by atoms with Crippen LogP contribution in [-0.4, -0.2) is 43.0 Å². The SMILES string of the molecule is COC1N=Cc2ccc(C(=O)Nc3cc(C(=O)NC(CCCN)c4ccccc4)ccc3Cl)nc2N1. The van der Waals surface area contributed by atoms with Gasteiger partial charge in [-0.2, -0.15) is 0 Å². The van der Waals surface area contributed by atoms with E-state index in [4.69, 9.17) is 22.1 Å². The van der Waals surface area contributed by atoms with Gasteiger partial charge >= 0.3 is 0 Å². The van der Waals surface area contributed by atoms with E-state index in [2.05, 4.69) is 25.9 Å². The number of hydrogen-bond donors (Lipinski definition) is 4. The van der Waals surface area contributed by atoms with Crippen LogP contribution in [0.2, 0.25) is 5.02 Å². The third-order valence-electron chi connectivity index (χ3n) is 5.67. The van der Waals surface area contributed by atoms with E-state index in [1.807, 2.05) is 30.3 Å². The summed E-state index contributed by atoms with van der Waals surface area (Å²) in [6, 6.07) is 17.6. The molecular formula is C26H27ClN6O3. The Bertz CT molecular complexity index is 1270. The van der Waals surface area contributed by atoms with Crippen LogP contribution in [0.5, 0.6) is 0 Å². The number of ether oxygens (including phenoxy) is 1. The van der Waals surface area contributed by atoms with Gasteiger partial charge in [-0.15, -0.1) is 0 Å². The smallest absolute Gasteiger partial charge is 0.274 e. The Kier molecular flexibility index (Phi) is 8.27. The van der Waals surface area contributed by atoms with Crippen LogP contribution in [0.1, 0.15) is 50.9 Å². The molecule has 9 nitrogen and oxygen atoms in total. The monoisotopic (exact) mass is 506 g/mol. The third kappa shape index (κ3) is 6.06. The number of halogens is 1. The molecule has 1 aromatic heterocycles. The van der Waals surface area contributed by atoms with Gasteiger partial charge in [0.25, 0.3) is 11.8 Å². The van der Waals surface area contributed by atoms with Crippen molar-refractivity contribution in [1.82, 2.24) is 10.3 Å². The Balaban J connectivity index is 1.50. The highest BCUT2D eigenvalue weighted by molar-refractivity contribution is 6.34. The van der Waals surface area contributed by atoms with Crippen LogP contribution in [-0.2, 0) is 4.74 Å². The number of benzene rings is 2. The predicted molar refractivity (Wildman–Crippen MR) is 141 cm³/mol. The lowest BCUT2D eigenvalue weighted by Gasteiger charge is -2.20. The minimum absolute atomic E-state index is 0.170. The lowest BCUT2D eigenvalue weighted by molar-refractivity contribution is 0.0933. The van der Waals surface area contributed by atoms with Crippen molar-refractivity contribution in [1.29, 1.82) is 0 Å². The molecule has 3 aromatic rings. The standard InChI is InChI=1S/C26H27ClN6O3/c1-36-26-29-15-18-10-12-21(30-23(18)33-26)25(35)32-22-14-17(9-11-19(22)27)24(34)31-20(8-5-13-28)16-6-3-2-4-7-16/h2-4,6-7,9-12,14-15,20,26H,5,8,13,28H2,1H3,(H,30,33)(H,31,34)(H,32,35). The van der Waals surface area contributed by atoms with Crippen molar-refractivity contribution in [2.45, 2.75) is 25.2 Å². The number of nitrogens with one attached hydrogen (secondary N) is 3. The topological polar surface area (TPSA) is 131 Å². The molecule has 0 radical (unpaired) electrons. The lowest BCUT2D eigenvalue weighted by atomic mass is 10.0. The number of nitrogens with two attached hydrogens (primary N) is 1. The van der Waals surface area contributed by atoms with Crippen LogP contribution in [0.4, 0.5) is 11.5 Å². The molecule has 2 atom stereocenters. The van der Waals surface area contributed by atoms with Gasteiger partial charge in [0.1, 0.15) is 11.5 Å². The van der Waals surface area contributed by atoms with Crippen molar-refractivity contribution in [3.63, 3.8) is 0 Å². The van der Waals surface area contributed by atoms with E-state index in [1.165, 1.54) is 7.11 Å². The van der Waals surface area contributed by atoms with Crippen LogP contribution < -0.4 is 21.7 Å². The molecule has 36 heavy (non-hydrogen) atoms. The number of anilines is 2. The van der Waals surface area contributed by atoms with E-state index in [1.54, 1.807) is 36.5 Å². The number of fused-ring (bicyclic) bond motifs is 1. The molecule has 1 aliphatic rings. The number of nitrogens with zero attached hydrogens (tertiary/aromatic N) is 2. The summed E-state index contributed by atoms with van der Waals surface area (Å²) in [7, 11) is 1.52. The Morgan fingerprint density at radius 2 is 1.94 bits per heavy atom. The molecule has 2 unspecified atom stereocenters. The van der Waals surface area contributed by atoms with Crippen LogP contribution in [0, 0.1) is 0 Å². The highest BCUT2D eigenvalue weighted by Crippen LogP contribution is 2.26. The number of methoxy groups -OCH3 is 1.